The molecular weight excluding hydrogens is 190 g/mol. The zero-order valence-electron chi connectivity index (χ0n) is 10.5. The molecular formula is C12H23NO2. The Kier molecular flexibility index (Phi) is 3.63. The maximum absolute atomic E-state index is 11.8. The largest absolute Gasteiger partial charge is 0.444 e. The summed E-state index contributed by atoms with van der Waals surface area (Å²) in [6, 6.07) is 0. The second-order valence-electron chi connectivity index (χ2n) is 5.67. The molecule has 0 aliphatic carbocycles. The Hall–Kier alpha value is -0.730. The molecule has 0 N–H and O–H groups in total. The molecule has 1 aliphatic rings. The van der Waals surface area contributed by atoms with Crippen LogP contribution in [0, 0.1) is 11.8 Å². The lowest BCUT2D eigenvalue weighted by molar-refractivity contribution is 0.0128. The summed E-state index contributed by atoms with van der Waals surface area (Å²) in [6.45, 7) is 11.8. The van der Waals surface area contributed by atoms with Gasteiger partial charge in [0.15, 0.2) is 0 Å². The molecule has 1 rings (SSSR count). The summed E-state index contributed by atoms with van der Waals surface area (Å²) >= 11 is 0. The molecule has 0 spiro atoms. The fourth-order valence-corrected chi connectivity index (χ4v) is 1.76. The molecule has 1 aliphatic heterocycles. The van der Waals surface area contributed by atoms with Crippen LogP contribution < -0.4 is 0 Å². The van der Waals surface area contributed by atoms with Gasteiger partial charge in [-0.2, -0.15) is 0 Å². The summed E-state index contributed by atoms with van der Waals surface area (Å²) in [7, 11) is 0. The third-order valence-electron chi connectivity index (χ3n) is 2.99. The molecule has 1 amide bonds. The highest BCUT2D eigenvalue weighted by atomic mass is 16.6. The number of nitrogens with zero attached hydrogens (tertiary/aromatic N) is 1. The van der Waals surface area contributed by atoms with Gasteiger partial charge in [-0.05, 0) is 39.0 Å². The SMILES string of the molecule is CC1CCN(C(=O)OC(C)(C)C)CC1C. The first-order chi connectivity index (χ1) is 6.79. The highest BCUT2D eigenvalue weighted by Gasteiger charge is 2.28. The number of rotatable bonds is 0. The molecule has 0 bridgehead atoms. The Labute approximate surface area is 92.8 Å². The number of carbonyl (C=O) groups excluding carboxylic acids is 1. The minimum absolute atomic E-state index is 0.166. The predicted octanol–water partition coefficient (Wildman–Crippen LogP) is 2.90. The molecule has 1 fully saturated rings. The highest BCUT2D eigenvalue weighted by molar-refractivity contribution is 5.68. The van der Waals surface area contributed by atoms with E-state index in [1.54, 1.807) is 0 Å². The monoisotopic (exact) mass is 213 g/mol. The quantitative estimate of drug-likeness (QED) is 0.619. The number of hydrogen-bond donors (Lipinski definition) is 0. The van der Waals surface area contributed by atoms with E-state index in [-0.39, 0.29) is 11.7 Å². The summed E-state index contributed by atoms with van der Waals surface area (Å²) in [5, 5.41) is 0. The van der Waals surface area contributed by atoms with Gasteiger partial charge in [0.1, 0.15) is 5.60 Å². The van der Waals surface area contributed by atoms with Crippen molar-refractivity contribution in [1.82, 2.24) is 4.90 Å². The minimum atomic E-state index is -0.386. The van der Waals surface area contributed by atoms with E-state index in [4.69, 9.17) is 4.74 Å². The Morgan fingerprint density at radius 3 is 2.33 bits per heavy atom. The molecule has 3 heteroatoms. The van der Waals surface area contributed by atoms with Crippen LogP contribution >= 0.6 is 0 Å². The van der Waals surface area contributed by atoms with Crippen molar-refractivity contribution in [3.8, 4) is 0 Å². The van der Waals surface area contributed by atoms with Crippen LogP contribution in [0.15, 0.2) is 0 Å². The van der Waals surface area contributed by atoms with Crippen molar-refractivity contribution in [3.63, 3.8) is 0 Å². The van der Waals surface area contributed by atoms with Gasteiger partial charge < -0.3 is 9.64 Å². The van der Waals surface area contributed by atoms with Crippen LogP contribution in [0.2, 0.25) is 0 Å². The van der Waals surface area contributed by atoms with Crippen molar-refractivity contribution in [2.75, 3.05) is 13.1 Å². The molecule has 0 aromatic heterocycles. The number of likely N-dealkylation sites (tertiary alicyclic amines) is 1. The predicted molar refractivity (Wildman–Crippen MR) is 60.8 cm³/mol. The zero-order valence-corrected chi connectivity index (χ0v) is 10.5. The van der Waals surface area contributed by atoms with Crippen LogP contribution in [0.5, 0.6) is 0 Å². The third kappa shape index (κ3) is 3.73. The van der Waals surface area contributed by atoms with E-state index >= 15 is 0 Å². The normalized spacial score (nSPS) is 27.7. The van der Waals surface area contributed by atoms with Crippen LogP contribution in [-0.4, -0.2) is 29.7 Å². The standard InChI is InChI=1S/C12H23NO2/c1-9-6-7-13(8-10(9)2)11(14)15-12(3,4)5/h9-10H,6-8H2,1-5H3. The summed E-state index contributed by atoms with van der Waals surface area (Å²) in [4.78, 5) is 13.6. The maximum Gasteiger partial charge on any atom is 0.410 e. The van der Waals surface area contributed by atoms with E-state index in [1.807, 2.05) is 25.7 Å². The van der Waals surface area contributed by atoms with Gasteiger partial charge in [-0.3, -0.25) is 0 Å². The molecule has 1 saturated heterocycles. The van der Waals surface area contributed by atoms with Crippen LogP contribution in [0.1, 0.15) is 41.0 Å². The second-order valence-corrected chi connectivity index (χ2v) is 5.67. The topological polar surface area (TPSA) is 29.5 Å². The molecule has 88 valence electrons. The van der Waals surface area contributed by atoms with Gasteiger partial charge in [0.25, 0.3) is 0 Å². The number of hydrogen-bond acceptors (Lipinski definition) is 2. The second kappa shape index (κ2) is 4.42. The average molecular weight is 213 g/mol. The summed E-state index contributed by atoms with van der Waals surface area (Å²) in [5.74, 6) is 1.29. The van der Waals surface area contributed by atoms with Gasteiger partial charge in [0.2, 0.25) is 0 Å². The summed E-state index contributed by atoms with van der Waals surface area (Å²) < 4.78 is 5.35. The number of piperidine rings is 1. The Bertz CT molecular complexity index is 232. The van der Waals surface area contributed by atoms with E-state index in [0.717, 1.165) is 19.5 Å². The van der Waals surface area contributed by atoms with Gasteiger partial charge in [0.05, 0.1) is 0 Å². The van der Waals surface area contributed by atoms with Gasteiger partial charge >= 0.3 is 6.09 Å². The van der Waals surface area contributed by atoms with E-state index in [1.165, 1.54) is 0 Å². The van der Waals surface area contributed by atoms with Gasteiger partial charge in [-0.1, -0.05) is 13.8 Å². The molecule has 0 saturated carbocycles. The van der Waals surface area contributed by atoms with Crippen molar-refractivity contribution < 1.29 is 9.53 Å². The Balaban J connectivity index is 2.48. The van der Waals surface area contributed by atoms with Crippen molar-refractivity contribution in [3.05, 3.63) is 0 Å². The van der Waals surface area contributed by atoms with E-state index < -0.39 is 0 Å². The third-order valence-corrected chi connectivity index (χ3v) is 2.99. The van der Waals surface area contributed by atoms with Crippen LogP contribution in [0.25, 0.3) is 0 Å². The fraction of sp³-hybridized carbons (Fsp3) is 0.917. The lowest BCUT2D eigenvalue weighted by Crippen LogP contribution is -2.44. The van der Waals surface area contributed by atoms with Crippen molar-refractivity contribution in [2.24, 2.45) is 11.8 Å². The fourth-order valence-electron chi connectivity index (χ4n) is 1.76. The molecule has 0 aromatic carbocycles. The maximum atomic E-state index is 11.8. The van der Waals surface area contributed by atoms with Crippen LogP contribution in [0.4, 0.5) is 4.79 Å². The van der Waals surface area contributed by atoms with Gasteiger partial charge in [-0.25, -0.2) is 4.79 Å². The first-order valence-corrected chi connectivity index (χ1v) is 5.77. The van der Waals surface area contributed by atoms with E-state index in [2.05, 4.69) is 13.8 Å². The van der Waals surface area contributed by atoms with Crippen molar-refractivity contribution in [1.29, 1.82) is 0 Å². The Morgan fingerprint density at radius 2 is 1.87 bits per heavy atom. The van der Waals surface area contributed by atoms with Crippen molar-refractivity contribution in [2.45, 2.75) is 46.6 Å². The summed E-state index contributed by atoms with van der Waals surface area (Å²) in [5.41, 5.74) is -0.386. The number of amides is 1. The molecule has 3 nitrogen and oxygen atoms in total. The van der Waals surface area contributed by atoms with Crippen molar-refractivity contribution >= 4 is 6.09 Å². The lowest BCUT2D eigenvalue weighted by Gasteiger charge is -2.36. The van der Waals surface area contributed by atoms with E-state index in [0.29, 0.717) is 11.8 Å². The number of ether oxygens (including phenoxy) is 1. The van der Waals surface area contributed by atoms with E-state index in [9.17, 15) is 4.79 Å². The Morgan fingerprint density at radius 1 is 1.27 bits per heavy atom. The lowest BCUT2D eigenvalue weighted by atomic mass is 9.89. The smallest absolute Gasteiger partial charge is 0.410 e. The molecule has 2 atom stereocenters. The minimum Gasteiger partial charge on any atom is -0.444 e. The van der Waals surface area contributed by atoms with Gasteiger partial charge in [0, 0.05) is 13.1 Å². The molecule has 0 aromatic rings. The highest BCUT2D eigenvalue weighted by Crippen LogP contribution is 2.23. The first-order valence-electron chi connectivity index (χ1n) is 5.77. The molecule has 2 unspecified atom stereocenters. The van der Waals surface area contributed by atoms with Gasteiger partial charge in [-0.15, -0.1) is 0 Å². The average Bonchev–Trinajstić information content (AvgIpc) is 2.06. The first kappa shape index (κ1) is 12.3. The zero-order chi connectivity index (χ0) is 11.6. The molecule has 15 heavy (non-hydrogen) atoms. The summed E-state index contributed by atoms with van der Waals surface area (Å²) in [6.07, 6.45) is 0.918. The molecule has 1 heterocycles. The number of carbonyl (C=O) groups is 1. The van der Waals surface area contributed by atoms with Crippen LogP contribution in [0.3, 0.4) is 0 Å². The van der Waals surface area contributed by atoms with Crippen LogP contribution in [-0.2, 0) is 4.74 Å². The molecule has 0 radical (unpaired) electrons.